The minimum absolute atomic E-state index is 0.0244. The predicted molar refractivity (Wildman–Crippen MR) is 122 cm³/mol. The van der Waals surface area contributed by atoms with Crippen LogP contribution in [0.5, 0.6) is 17.2 Å². The zero-order valence-electron chi connectivity index (χ0n) is 17.7. The van der Waals surface area contributed by atoms with Gasteiger partial charge in [-0.15, -0.1) is 0 Å². The van der Waals surface area contributed by atoms with Gasteiger partial charge in [-0.05, 0) is 54.6 Å². The van der Waals surface area contributed by atoms with Crippen molar-refractivity contribution in [2.24, 2.45) is 0 Å². The first-order chi connectivity index (χ1) is 15.4. The van der Waals surface area contributed by atoms with Crippen LogP contribution in [0.3, 0.4) is 0 Å². The van der Waals surface area contributed by atoms with Crippen molar-refractivity contribution in [1.29, 1.82) is 0 Å². The summed E-state index contributed by atoms with van der Waals surface area (Å²) in [5.74, 6) is 1.43. The third kappa shape index (κ3) is 6.14. The van der Waals surface area contributed by atoms with Gasteiger partial charge >= 0.3 is 0 Å². The lowest BCUT2D eigenvalue weighted by Gasteiger charge is -2.12. The van der Waals surface area contributed by atoms with Gasteiger partial charge in [0.2, 0.25) is 5.91 Å². The topological polar surface area (TPSA) is 103 Å². The van der Waals surface area contributed by atoms with Crippen molar-refractivity contribution < 1.29 is 27.4 Å². The van der Waals surface area contributed by atoms with E-state index in [0.717, 1.165) is 0 Å². The smallest absolute Gasteiger partial charge is 0.261 e. The maximum Gasteiger partial charge on any atom is 0.261 e. The number of hydrogen-bond donors (Lipinski definition) is 2. The number of rotatable bonds is 10. The van der Waals surface area contributed by atoms with Crippen molar-refractivity contribution in [2.75, 3.05) is 30.9 Å². The normalized spacial score (nSPS) is 10.8. The second kappa shape index (κ2) is 10.5. The number of nitrogens with one attached hydrogen (secondary N) is 2. The van der Waals surface area contributed by atoms with E-state index in [1.807, 2.05) is 12.1 Å². The molecule has 0 bridgehead atoms. The highest BCUT2D eigenvalue weighted by Crippen LogP contribution is 2.26. The molecule has 0 radical (unpaired) electrons. The van der Waals surface area contributed by atoms with Crippen LogP contribution in [0.2, 0.25) is 0 Å². The summed E-state index contributed by atoms with van der Waals surface area (Å²) in [5.41, 5.74) is 0.763. The van der Waals surface area contributed by atoms with Gasteiger partial charge in [0, 0.05) is 11.4 Å². The van der Waals surface area contributed by atoms with E-state index in [4.69, 9.17) is 14.2 Å². The number of sulfonamides is 1. The van der Waals surface area contributed by atoms with Crippen molar-refractivity contribution in [3.63, 3.8) is 0 Å². The summed E-state index contributed by atoms with van der Waals surface area (Å²) in [5, 5.41) is 2.69. The molecule has 2 N–H and O–H groups in total. The molecule has 0 atom stereocenters. The van der Waals surface area contributed by atoms with Crippen molar-refractivity contribution in [3.05, 3.63) is 72.8 Å². The van der Waals surface area contributed by atoms with E-state index in [-0.39, 0.29) is 23.8 Å². The van der Waals surface area contributed by atoms with E-state index in [9.17, 15) is 13.2 Å². The Morgan fingerprint density at radius 3 is 2.25 bits per heavy atom. The Morgan fingerprint density at radius 2 is 1.56 bits per heavy atom. The van der Waals surface area contributed by atoms with E-state index in [2.05, 4.69) is 10.0 Å². The van der Waals surface area contributed by atoms with Crippen LogP contribution in [-0.4, -0.2) is 35.2 Å². The van der Waals surface area contributed by atoms with E-state index in [1.165, 1.54) is 19.2 Å². The zero-order valence-corrected chi connectivity index (χ0v) is 18.5. The molecule has 9 heteroatoms. The molecule has 0 aromatic heterocycles. The fourth-order valence-corrected chi connectivity index (χ4v) is 3.93. The number of benzene rings is 3. The van der Waals surface area contributed by atoms with Crippen molar-refractivity contribution in [3.8, 4) is 17.2 Å². The Hall–Kier alpha value is -3.72. The molecule has 0 heterocycles. The van der Waals surface area contributed by atoms with Crippen LogP contribution in [0.15, 0.2) is 77.7 Å². The van der Waals surface area contributed by atoms with Crippen molar-refractivity contribution in [1.82, 2.24) is 0 Å². The summed E-state index contributed by atoms with van der Waals surface area (Å²) in [6.45, 7) is 0.142. The monoisotopic (exact) mass is 456 g/mol. The molecule has 0 aliphatic heterocycles. The molecule has 3 aromatic rings. The number of amides is 1. The Balaban J connectivity index is 1.59. The SMILES string of the molecule is COc1ccc(NS(=O)(=O)c2cccc(NC(=O)CCOc3ccccc3OC)c2)cc1. The molecule has 168 valence electrons. The first kappa shape index (κ1) is 23.0. The van der Waals surface area contributed by atoms with Crippen LogP contribution in [0.4, 0.5) is 11.4 Å². The Morgan fingerprint density at radius 1 is 0.844 bits per heavy atom. The average Bonchev–Trinajstić information content (AvgIpc) is 2.80. The quantitative estimate of drug-likeness (QED) is 0.479. The van der Waals surface area contributed by atoms with Crippen LogP contribution < -0.4 is 24.2 Å². The Labute approximate surface area is 187 Å². The van der Waals surface area contributed by atoms with E-state index < -0.39 is 10.0 Å². The second-order valence-electron chi connectivity index (χ2n) is 6.66. The number of anilines is 2. The molecule has 0 aliphatic carbocycles. The van der Waals surface area contributed by atoms with Gasteiger partial charge < -0.3 is 19.5 Å². The first-order valence-electron chi connectivity index (χ1n) is 9.74. The Bertz CT molecular complexity index is 1160. The lowest BCUT2D eigenvalue weighted by Crippen LogP contribution is -2.16. The standard InChI is InChI=1S/C23H24N2O6S/c1-29-19-12-10-17(11-13-19)25-32(27,28)20-7-5-6-18(16-20)24-23(26)14-15-31-22-9-4-3-8-21(22)30-2/h3-13,16,25H,14-15H2,1-2H3,(H,24,26). The molecule has 0 aliphatic rings. The van der Waals surface area contributed by atoms with Crippen LogP contribution in [-0.2, 0) is 14.8 Å². The molecule has 8 nitrogen and oxygen atoms in total. The lowest BCUT2D eigenvalue weighted by molar-refractivity contribution is -0.116. The Kier molecular flexibility index (Phi) is 7.56. The zero-order chi connectivity index (χ0) is 23.0. The summed E-state index contributed by atoms with van der Waals surface area (Å²) in [4.78, 5) is 12.3. The lowest BCUT2D eigenvalue weighted by atomic mass is 10.3. The molecule has 0 saturated carbocycles. The third-order valence-electron chi connectivity index (χ3n) is 4.43. The fourth-order valence-electron chi connectivity index (χ4n) is 2.83. The van der Waals surface area contributed by atoms with Gasteiger partial charge in [-0.2, -0.15) is 0 Å². The molecule has 0 fully saturated rings. The summed E-state index contributed by atoms with van der Waals surface area (Å²) >= 11 is 0. The van der Waals surface area contributed by atoms with Crippen molar-refractivity contribution >= 4 is 27.3 Å². The van der Waals surface area contributed by atoms with E-state index in [1.54, 1.807) is 55.6 Å². The van der Waals surface area contributed by atoms with E-state index in [0.29, 0.717) is 28.6 Å². The molecule has 3 aromatic carbocycles. The minimum Gasteiger partial charge on any atom is -0.497 e. The fraction of sp³-hybridized carbons (Fsp3) is 0.174. The van der Waals surface area contributed by atoms with Crippen LogP contribution in [0.1, 0.15) is 6.42 Å². The minimum atomic E-state index is -3.83. The van der Waals surface area contributed by atoms with Crippen molar-refractivity contribution in [2.45, 2.75) is 11.3 Å². The predicted octanol–water partition coefficient (Wildman–Crippen LogP) is 3.91. The van der Waals surface area contributed by atoms with Gasteiger partial charge in [0.1, 0.15) is 5.75 Å². The van der Waals surface area contributed by atoms with Gasteiger partial charge in [0.15, 0.2) is 11.5 Å². The molecule has 0 unspecified atom stereocenters. The first-order valence-corrected chi connectivity index (χ1v) is 11.2. The highest BCUT2D eigenvalue weighted by Gasteiger charge is 2.15. The molecule has 0 saturated heterocycles. The number of hydrogen-bond acceptors (Lipinski definition) is 6. The number of ether oxygens (including phenoxy) is 3. The molecular formula is C23H24N2O6S. The molecule has 0 spiro atoms. The van der Waals surface area contributed by atoms with Gasteiger partial charge in [-0.1, -0.05) is 18.2 Å². The van der Waals surface area contributed by atoms with E-state index >= 15 is 0 Å². The van der Waals surface area contributed by atoms with Crippen LogP contribution >= 0.6 is 0 Å². The summed E-state index contributed by atoms with van der Waals surface area (Å²) in [7, 11) is -0.760. The van der Waals surface area contributed by atoms with Gasteiger partial charge in [-0.3, -0.25) is 9.52 Å². The number of carbonyl (C=O) groups is 1. The van der Waals surface area contributed by atoms with Gasteiger partial charge in [0.25, 0.3) is 10.0 Å². The highest BCUT2D eigenvalue weighted by molar-refractivity contribution is 7.92. The largest absolute Gasteiger partial charge is 0.497 e. The molecule has 3 rings (SSSR count). The summed E-state index contributed by atoms with van der Waals surface area (Å²) < 4.78 is 43.8. The maximum atomic E-state index is 12.7. The van der Waals surface area contributed by atoms with Gasteiger partial charge in [0.05, 0.1) is 32.1 Å². The summed E-state index contributed by atoms with van der Waals surface area (Å²) in [6.07, 6.45) is 0.0825. The molecule has 32 heavy (non-hydrogen) atoms. The molecule has 1 amide bonds. The number of methoxy groups -OCH3 is 2. The highest BCUT2D eigenvalue weighted by atomic mass is 32.2. The molecular weight excluding hydrogens is 432 g/mol. The van der Waals surface area contributed by atoms with Crippen LogP contribution in [0.25, 0.3) is 0 Å². The number of para-hydroxylation sites is 2. The average molecular weight is 457 g/mol. The van der Waals surface area contributed by atoms with Crippen LogP contribution in [0, 0.1) is 0 Å². The third-order valence-corrected chi connectivity index (χ3v) is 5.81. The number of carbonyl (C=O) groups excluding carboxylic acids is 1. The van der Waals surface area contributed by atoms with Gasteiger partial charge in [-0.25, -0.2) is 8.42 Å². The second-order valence-corrected chi connectivity index (χ2v) is 8.34. The summed E-state index contributed by atoms with van der Waals surface area (Å²) in [6, 6.07) is 19.7. The maximum absolute atomic E-state index is 12.7.